The Kier molecular flexibility index (Phi) is 4.34. The molecule has 138 valence electrons. The molecule has 0 fully saturated rings. The van der Waals surface area contributed by atoms with Crippen molar-refractivity contribution in [1.82, 2.24) is 29.8 Å². The Balaban J connectivity index is 1.69. The molecule has 0 bridgehead atoms. The topological polar surface area (TPSA) is 120 Å². The van der Waals surface area contributed by atoms with E-state index in [4.69, 9.17) is 32.4 Å². The molecule has 0 radical (unpaired) electrons. The first kappa shape index (κ1) is 17.2. The number of H-pyrrole nitrogens is 1. The van der Waals surface area contributed by atoms with Crippen molar-refractivity contribution < 1.29 is 13.9 Å². The van der Waals surface area contributed by atoms with Crippen molar-refractivity contribution in [3.05, 3.63) is 52.5 Å². The number of aromatic amines is 1. The van der Waals surface area contributed by atoms with Crippen molar-refractivity contribution in [1.29, 1.82) is 0 Å². The van der Waals surface area contributed by atoms with Crippen molar-refractivity contribution in [3.8, 4) is 5.69 Å². The minimum Gasteiger partial charge on any atom is -0.320 e. The lowest BCUT2D eigenvalue weighted by Gasteiger charge is -2.10. The highest BCUT2D eigenvalue weighted by atomic mass is 35.5. The first-order valence-corrected chi connectivity index (χ1v) is 8.29. The van der Waals surface area contributed by atoms with E-state index >= 15 is 0 Å². The summed E-state index contributed by atoms with van der Waals surface area (Å²) in [5, 5.41) is 9.61. The number of halogens is 2. The van der Waals surface area contributed by atoms with Gasteiger partial charge in [-0.15, -0.1) is 0 Å². The number of nitrogens with one attached hydrogen (secondary N) is 2. The number of rotatable bonds is 3. The van der Waals surface area contributed by atoms with Gasteiger partial charge in [-0.05, 0) is 17.0 Å². The lowest BCUT2D eigenvalue weighted by Crippen LogP contribution is -2.12. The fourth-order valence-corrected chi connectivity index (χ4v) is 2.64. The van der Waals surface area contributed by atoms with Gasteiger partial charge in [-0.25, -0.2) is 9.97 Å². The van der Waals surface area contributed by atoms with Gasteiger partial charge in [0.25, 0.3) is 11.6 Å². The minimum atomic E-state index is -0.355. The summed E-state index contributed by atoms with van der Waals surface area (Å²) in [6.45, 7) is 0. The number of carbonyl (C=O) groups is 1. The molecule has 1 aromatic carbocycles. The average Bonchev–Trinajstić information content (AvgIpc) is 3.09. The van der Waals surface area contributed by atoms with Crippen molar-refractivity contribution >= 4 is 46.2 Å². The van der Waals surface area contributed by atoms with Crippen LogP contribution in [0, 0.1) is 0 Å². The molecular weight excluding hydrogens is 397 g/mol. The monoisotopic (exact) mass is 407 g/mol. The van der Waals surface area contributed by atoms with Gasteiger partial charge in [0.05, 0.1) is 28.7 Å². The Bertz CT molecular complexity index is 1180. The number of fused-ring (bicyclic) bond motifs is 1. The van der Waals surface area contributed by atoms with Crippen LogP contribution >= 0.6 is 23.2 Å². The highest BCUT2D eigenvalue weighted by molar-refractivity contribution is 6.35. The lowest BCUT2D eigenvalue weighted by atomic mass is 10.2. The summed E-state index contributed by atoms with van der Waals surface area (Å²) in [6.07, 6.45) is 4.38. The largest absolute Gasteiger partial charge is 0.320 e. The zero-order chi connectivity index (χ0) is 19.0. The fourth-order valence-electron chi connectivity index (χ4n) is 2.26. The molecule has 0 saturated carbocycles. The maximum atomic E-state index is 12.3. The molecule has 0 atom stereocenters. The molecule has 0 aliphatic heterocycles. The molecule has 27 heavy (non-hydrogen) atoms. The van der Waals surface area contributed by atoms with E-state index in [2.05, 4.69) is 25.5 Å². The maximum Gasteiger partial charge on any atom is 0.296 e. The standard InChI is InChI=1S/C15H11Cl2N7O3/c1-23-7-8(5-19-23)14(25)20-9-3-2-4-10(12(9)17)24-26-15-13(22-27-24)21-11(16)6-18-15/h2-7H,1H3,(H,20,25)(H,21,22). The van der Waals surface area contributed by atoms with E-state index in [1.54, 1.807) is 31.4 Å². The van der Waals surface area contributed by atoms with Crippen molar-refractivity contribution in [2.24, 2.45) is 7.05 Å². The van der Waals surface area contributed by atoms with Crippen LogP contribution in [-0.2, 0) is 7.05 Å². The number of nitrogens with zero attached hydrogens (tertiary/aromatic N) is 5. The minimum absolute atomic E-state index is 0.145. The van der Waals surface area contributed by atoms with Gasteiger partial charge in [-0.1, -0.05) is 29.3 Å². The summed E-state index contributed by atoms with van der Waals surface area (Å²) in [4.78, 5) is 21.3. The van der Waals surface area contributed by atoms with Gasteiger partial charge in [0.1, 0.15) is 10.8 Å². The smallest absolute Gasteiger partial charge is 0.296 e. The van der Waals surface area contributed by atoms with Crippen LogP contribution < -0.4 is 5.32 Å². The van der Waals surface area contributed by atoms with Gasteiger partial charge in [-0.2, -0.15) is 10.3 Å². The van der Waals surface area contributed by atoms with Crippen LogP contribution in [0.4, 0.5) is 5.69 Å². The number of benzene rings is 1. The van der Waals surface area contributed by atoms with Gasteiger partial charge in [0.15, 0.2) is 0 Å². The number of amides is 1. The van der Waals surface area contributed by atoms with Crippen molar-refractivity contribution in [3.63, 3.8) is 0 Å². The van der Waals surface area contributed by atoms with Crippen LogP contribution in [0.15, 0.2) is 45.9 Å². The molecule has 4 rings (SSSR count). The van der Waals surface area contributed by atoms with E-state index in [0.717, 1.165) is 4.91 Å². The molecule has 10 nitrogen and oxygen atoms in total. The fraction of sp³-hybridized carbons (Fsp3) is 0.0667. The second kappa shape index (κ2) is 6.82. The summed E-state index contributed by atoms with van der Waals surface area (Å²) in [5.41, 5.74) is 1.45. The second-order valence-corrected chi connectivity index (χ2v) is 6.15. The summed E-state index contributed by atoms with van der Waals surface area (Å²) < 4.78 is 12.3. The predicted molar refractivity (Wildman–Crippen MR) is 96.6 cm³/mol. The van der Waals surface area contributed by atoms with Crippen LogP contribution in [0.25, 0.3) is 17.0 Å². The molecular formula is C15H11Cl2N7O3. The van der Waals surface area contributed by atoms with Crippen molar-refractivity contribution in [2.45, 2.75) is 0 Å². The van der Waals surface area contributed by atoms with Gasteiger partial charge >= 0.3 is 0 Å². The number of hydrogen-bond donors (Lipinski definition) is 2. The van der Waals surface area contributed by atoms with Gasteiger partial charge < -0.3 is 9.84 Å². The first-order chi connectivity index (χ1) is 13.0. The quantitative estimate of drug-likeness (QED) is 0.537. The van der Waals surface area contributed by atoms with E-state index in [-0.39, 0.29) is 27.4 Å². The molecule has 2 N–H and O–H groups in total. The average molecular weight is 408 g/mol. The lowest BCUT2D eigenvalue weighted by molar-refractivity contribution is 0.0713. The normalized spacial score (nSPS) is 10.9. The predicted octanol–water partition coefficient (Wildman–Crippen LogP) is 3.35. The van der Waals surface area contributed by atoms with Crippen LogP contribution in [0.5, 0.6) is 0 Å². The summed E-state index contributed by atoms with van der Waals surface area (Å²) >= 11 is 12.2. The molecule has 4 aromatic rings. The SMILES string of the molecule is Cn1cc(C(=O)Nc2cccc(-n3o[nH]c4nc(Cl)cnc4o3)c2Cl)cn1. The third-order valence-electron chi connectivity index (χ3n) is 3.49. The van der Waals surface area contributed by atoms with Crippen LogP contribution in [0.2, 0.25) is 10.2 Å². The highest BCUT2D eigenvalue weighted by Crippen LogP contribution is 2.29. The van der Waals surface area contributed by atoms with E-state index in [1.165, 1.54) is 17.1 Å². The number of hydrogen-bond acceptors (Lipinski definition) is 6. The van der Waals surface area contributed by atoms with E-state index in [1.807, 2.05) is 0 Å². The van der Waals surface area contributed by atoms with Crippen LogP contribution in [0.1, 0.15) is 10.4 Å². The number of carbonyl (C=O) groups excluding carboxylic acids is 1. The summed E-state index contributed by atoms with van der Waals surface area (Å²) in [6, 6.07) is 4.96. The molecule has 0 aliphatic carbocycles. The molecule has 0 aliphatic rings. The van der Waals surface area contributed by atoms with Gasteiger partial charge in [0.2, 0.25) is 5.65 Å². The number of aryl methyl sites for hydroxylation is 1. The molecule has 0 spiro atoms. The van der Waals surface area contributed by atoms with E-state index < -0.39 is 0 Å². The maximum absolute atomic E-state index is 12.3. The third kappa shape index (κ3) is 3.39. The Morgan fingerprint density at radius 3 is 2.93 bits per heavy atom. The van der Waals surface area contributed by atoms with Gasteiger partial charge in [-0.3, -0.25) is 14.1 Å². The van der Waals surface area contributed by atoms with Gasteiger partial charge in [0, 0.05) is 13.2 Å². The Morgan fingerprint density at radius 2 is 2.15 bits per heavy atom. The zero-order valence-electron chi connectivity index (χ0n) is 13.7. The zero-order valence-corrected chi connectivity index (χ0v) is 15.2. The van der Waals surface area contributed by atoms with E-state index in [0.29, 0.717) is 16.9 Å². The van der Waals surface area contributed by atoms with Crippen molar-refractivity contribution in [2.75, 3.05) is 5.32 Å². The van der Waals surface area contributed by atoms with Crippen LogP contribution in [-0.4, -0.2) is 35.7 Å². The molecule has 12 heteroatoms. The molecule has 3 aromatic heterocycles. The number of anilines is 1. The third-order valence-corrected chi connectivity index (χ3v) is 4.07. The first-order valence-electron chi connectivity index (χ1n) is 7.53. The molecule has 1 amide bonds. The van der Waals surface area contributed by atoms with E-state index in [9.17, 15) is 4.79 Å². The Labute approximate surface area is 160 Å². The molecule has 0 unspecified atom stereocenters. The Hall–Kier alpha value is -3.24. The molecule has 0 saturated heterocycles. The summed E-state index contributed by atoms with van der Waals surface area (Å²) in [7, 11) is 1.72. The highest BCUT2D eigenvalue weighted by Gasteiger charge is 2.15. The Morgan fingerprint density at radius 1 is 1.30 bits per heavy atom. The van der Waals surface area contributed by atoms with Crippen LogP contribution in [0.3, 0.4) is 0 Å². The molecule has 3 heterocycles. The summed E-state index contributed by atoms with van der Waals surface area (Å²) in [5.74, 6) is -0.355. The number of aromatic nitrogens is 6. The second-order valence-electron chi connectivity index (χ2n) is 5.38.